The van der Waals surface area contributed by atoms with Crippen LogP contribution in [0.1, 0.15) is 34.2 Å². The summed E-state index contributed by atoms with van der Waals surface area (Å²) in [6, 6.07) is 23.7. The topological polar surface area (TPSA) is 46.2 Å². The third kappa shape index (κ3) is 5.66. The number of aryl methyl sites for hydroxylation is 3. The molecule has 0 aromatic heterocycles. The highest BCUT2D eigenvalue weighted by atomic mass is 32.2. The van der Waals surface area contributed by atoms with E-state index in [1.807, 2.05) is 6.92 Å². The Hall–Kier alpha value is -2.69. The lowest BCUT2D eigenvalue weighted by atomic mass is 9.95. The molecule has 150 valence electrons. The van der Waals surface area contributed by atoms with Crippen LogP contribution in [0.15, 0.2) is 83.8 Å². The van der Waals surface area contributed by atoms with E-state index in [0.29, 0.717) is 17.9 Å². The monoisotopic (exact) mass is 405 g/mol. The molecule has 0 aliphatic carbocycles. The van der Waals surface area contributed by atoms with Gasteiger partial charge in [0.2, 0.25) is 10.0 Å². The lowest BCUT2D eigenvalue weighted by Crippen LogP contribution is -2.24. The van der Waals surface area contributed by atoms with Gasteiger partial charge in [-0.1, -0.05) is 83.4 Å². The summed E-state index contributed by atoms with van der Waals surface area (Å²) in [5.74, 6) is 0. The van der Waals surface area contributed by atoms with E-state index < -0.39 is 10.0 Å². The van der Waals surface area contributed by atoms with Crippen LogP contribution in [0.3, 0.4) is 0 Å². The fourth-order valence-corrected chi connectivity index (χ4v) is 4.13. The van der Waals surface area contributed by atoms with Crippen LogP contribution in [0.2, 0.25) is 0 Å². The van der Waals surface area contributed by atoms with Crippen molar-refractivity contribution in [3.8, 4) is 0 Å². The van der Waals surface area contributed by atoms with Crippen LogP contribution in [0.25, 0.3) is 5.57 Å². The smallest absolute Gasteiger partial charge is 0.211 e. The highest BCUT2D eigenvalue weighted by Gasteiger charge is 2.12. The molecule has 0 aliphatic rings. The number of nitrogens with one attached hydrogen (secondary N) is 1. The van der Waals surface area contributed by atoms with Crippen molar-refractivity contribution in [2.75, 3.05) is 6.54 Å². The average molecular weight is 406 g/mol. The zero-order valence-corrected chi connectivity index (χ0v) is 18.0. The Morgan fingerprint density at radius 1 is 0.724 bits per heavy atom. The number of benzene rings is 3. The SMILES string of the molecule is Cc1ccc(C(=CCCNS(=O)(=O)c2ccc(C)cc2)c2ccc(C)cc2)cc1. The molecule has 0 unspecified atom stereocenters. The molecule has 0 amide bonds. The Morgan fingerprint density at radius 2 is 1.14 bits per heavy atom. The molecule has 3 nitrogen and oxygen atoms in total. The minimum Gasteiger partial charge on any atom is -0.211 e. The Kier molecular flexibility index (Phi) is 6.68. The maximum atomic E-state index is 12.5. The van der Waals surface area contributed by atoms with Crippen LogP contribution in [0.4, 0.5) is 0 Å². The van der Waals surface area contributed by atoms with E-state index in [1.165, 1.54) is 11.1 Å². The highest BCUT2D eigenvalue weighted by Crippen LogP contribution is 2.25. The number of hydrogen-bond acceptors (Lipinski definition) is 2. The molecule has 3 aromatic rings. The molecule has 0 saturated carbocycles. The van der Waals surface area contributed by atoms with E-state index in [-0.39, 0.29) is 0 Å². The van der Waals surface area contributed by atoms with Crippen LogP contribution in [0, 0.1) is 20.8 Å². The Labute approximate surface area is 174 Å². The van der Waals surface area contributed by atoms with E-state index >= 15 is 0 Å². The molecule has 0 spiro atoms. The third-order valence-corrected chi connectivity index (χ3v) is 6.32. The summed E-state index contributed by atoms with van der Waals surface area (Å²) in [6.45, 7) is 6.42. The zero-order valence-electron chi connectivity index (χ0n) is 17.1. The number of hydrogen-bond donors (Lipinski definition) is 1. The molecule has 0 atom stereocenters. The second-order valence-corrected chi connectivity index (χ2v) is 9.12. The largest absolute Gasteiger partial charge is 0.240 e. The molecular weight excluding hydrogens is 378 g/mol. The first-order valence-corrected chi connectivity index (χ1v) is 11.2. The molecule has 0 radical (unpaired) electrons. The third-order valence-electron chi connectivity index (χ3n) is 4.84. The van der Waals surface area contributed by atoms with Gasteiger partial charge in [-0.2, -0.15) is 0 Å². The fourth-order valence-electron chi connectivity index (χ4n) is 3.08. The summed E-state index contributed by atoms with van der Waals surface area (Å²) in [6.07, 6.45) is 2.70. The van der Waals surface area contributed by atoms with E-state index in [9.17, 15) is 8.42 Å². The van der Waals surface area contributed by atoms with E-state index in [4.69, 9.17) is 0 Å². The first-order valence-electron chi connectivity index (χ1n) is 9.76. The van der Waals surface area contributed by atoms with Crippen LogP contribution < -0.4 is 4.72 Å². The van der Waals surface area contributed by atoms with E-state index in [0.717, 1.165) is 22.3 Å². The van der Waals surface area contributed by atoms with Gasteiger partial charge < -0.3 is 0 Å². The first kappa shape index (κ1) is 21.0. The van der Waals surface area contributed by atoms with Crippen molar-refractivity contribution >= 4 is 15.6 Å². The van der Waals surface area contributed by atoms with Gasteiger partial charge in [-0.05, 0) is 56.0 Å². The predicted octanol–water partition coefficient (Wildman–Crippen LogP) is 5.41. The Balaban J connectivity index is 1.77. The van der Waals surface area contributed by atoms with Gasteiger partial charge in [-0.15, -0.1) is 0 Å². The molecule has 3 rings (SSSR count). The summed E-state index contributed by atoms with van der Waals surface area (Å²) in [5, 5.41) is 0. The molecule has 0 aliphatic heterocycles. The van der Waals surface area contributed by atoms with Crippen molar-refractivity contribution in [3.63, 3.8) is 0 Å². The summed E-state index contributed by atoms with van der Waals surface area (Å²) < 4.78 is 27.6. The number of rotatable bonds is 7. The predicted molar refractivity (Wildman–Crippen MR) is 120 cm³/mol. The molecule has 1 N–H and O–H groups in total. The van der Waals surface area contributed by atoms with Crippen molar-refractivity contribution in [2.45, 2.75) is 32.1 Å². The molecule has 4 heteroatoms. The minimum atomic E-state index is -3.49. The molecule has 3 aromatic carbocycles. The van der Waals surface area contributed by atoms with Gasteiger partial charge in [-0.3, -0.25) is 0 Å². The Bertz CT molecular complexity index is 1030. The molecular formula is C25H27NO2S. The molecule has 0 heterocycles. The van der Waals surface area contributed by atoms with Crippen molar-refractivity contribution < 1.29 is 8.42 Å². The average Bonchev–Trinajstić information content (AvgIpc) is 2.70. The normalized spacial score (nSPS) is 11.3. The number of sulfonamides is 1. The molecule has 29 heavy (non-hydrogen) atoms. The van der Waals surface area contributed by atoms with Crippen molar-refractivity contribution in [1.29, 1.82) is 0 Å². The summed E-state index contributed by atoms with van der Waals surface area (Å²) in [7, 11) is -3.49. The fraction of sp³-hybridized carbons (Fsp3) is 0.200. The van der Waals surface area contributed by atoms with E-state index in [2.05, 4.69) is 73.2 Å². The maximum absolute atomic E-state index is 12.5. The lowest BCUT2D eigenvalue weighted by molar-refractivity contribution is 0.582. The standard InChI is InChI=1S/C25H27NO2S/c1-19-6-12-22(13-7-19)25(23-14-8-20(2)9-15-23)5-4-18-26-29(27,28)24-16-10-21(3)11-17-24/h5-17,26H,4,18H2,1-3H3. The summed E-state index contributed by atoms with van der Waals surface area (Å²) in [5.41, 5.74) is 6.82. The second-order valence-electron chi connectivity index (χ2n) is 7.35. The van der Waals surface area contributed by atoms with Gasteiger partial charge in [0.15, 0.2) is 0 Å². The van der Waals surface area contributed by atoms with Gasteiger partial charge in [-0.25, -0.2) is 13.1 Å². The maximum Gasteiger partial charge on any atom is 0.240 e. The summed E-state index contributed by atoms with van der Waals surface area (Å²) >= 11 is 0. The van der Waals surface area contributed by atoms with Crippen LogP contribution in [-0.4, -0.2) is 15.0 Å². The van der Waals surface area contributed by atoms with Crippen molar-refractivity contribution in [1.82, 2.24) is 4.72 Å². The van der Waals surface area contributed by atoms with Gasteiger partial charge in [0.25, 0.3) is 0 Å². The van der Waals surface area contributed by atoms with Gasteiger partial charge in [0, 0.05) is 6.54 Å². The quantitative estimate of drug-likeness (QED) is 0.534. The Morgan fingerprint density at radius 3 is 1.59 bits per heavy atom. The van der Waals surface area contributed by atoms with Gasteiger partial charge in [0.05, 0.1) is 4.90 Å². The highest BCUT2D eigenvalue weighted by molar-refractivity contribution is 7.89. The van der Waals surface area contributed by atoms with Gasteiger partial charge in [0.1, 0.15) is 0 Å². The van der Waals surface area contributed by atoms with Gasteiger partial charge >= 0.3 is 0 Å². The zero-order chi connectivity index (χ0) is 20.9. The second kappa shape index (κ2) is 9.21. The first-order chi connectivity index (χ1) is 13.8. The van der Waals surface area contributed by atoms with Crippen LogP contribution >= 0.6 is 0 Å². The van der Waals surface area contributed by atoms with E-state index in [1.54, 1.807) is 24.3 Å². The van der Waals surface area contributed by atoms with Crippen molar-refractivity contribution in [3.05, 3.63) is 107 Å². The van der Waals surface area contributed by atoms with Crippen molar-refractivity contribution in [2.24, 2.45) is 0 Å². The molecule has 0 fully saturated rings. The molecule has 0 bridgehead atoms. The molecule has 0 saturated heterocycles. The summed E-state index contributed by atoms with van der Waals surface area (Å²) in [4.78, 5) is 0.296. The lowest BCUT2D eigenvalue weighted by Gasteiger charge is -2.11. The van der Waals surface area contributed by atoms with Crippen LogP contribution in [-0.2, 0) is 10.0 Å². The van der Waals surface area contributed by atoms with Crippen LogP contribution in [0.5, 0.6) is 0 Å². The minimum absolute atomic E-state index is 0.296.